The number of carboxylic acid groups (broad SMARTS) is 1. The normalized spacial score (nSPS) is 13.6. The molecule has 0 saturated carbocycles. The van der Waals surface area contributed by atoms with E-state index in [2.05, 4.69) is 0 Å². The van der Waals surface area contributed by atoms with Crippen molar-refractivity contribution in [3.8, 4) is 22.6 Å². The SMILES string of the molecule is O=C(O)c1ccccc1-c1ccc2c(c1)OCCCO2. The topological polar surface area (TPSA) is 55.8 Å². The third kappa shape index (κ3) is 2.32. The molecule has 0 aromatic heterocycles. The number of rotatable bonds is 2. The Balaban J connectivity index is 2.07. The van der Waals surface area contributed by atoms with Gasteiger partial charge in [-0.3, -0.25) is 0 Å². The molecule has 0 fully saturated rings. The van der Waals surface area contributed by atoms with E-state index in [1.54, 1.807) is 18.2 Å². The summed E-state index contributed by atoms with van der Waals surface area (Å²) in [6.07, 6.45) is 0.843. The molecule has 1 heterocycles. The molecule has 1 aliphatic heterocycles. The van der Waals surface area contributed by atoms with E-state index in [1.165, 1.54) is 0 Å². The van der Waals surface area contributed by atoms with Crippen molar-refractivity contribution in [3.05, 3.63) is 48.0 Å². The number of carboxylic acids is 1. The van der Waals surface area contributed by atoms with Crippen LogP contribution in [-0.4, -0.2) is 24.3 Å². The van der Waals surface area contributed by atoms with Gasteiger partial charge in [-0.25, -0.2) is 4.79 Å². The van der Waals surface area contributed by atoms with Gasteiger partial charge < -0.3 is 14.6 Å². The van der Waals surface area contributed by atoms with Gasteiger partial charge in [0.1, 0.15) is 0 Å². The van der Waals surface area contributed by atoms with Crippen molar-refractivity contribution in [2.75, 3.05) is 13.2 Å². The van der Waals surface area contributed by atoms with E-state index in [0.29, 0.717) is 30.3 Å². The molecule has 1 aliphatic rings. The second-order valence-electron chi connectivity index (χ2n) is 4.56. The number of hydrogen-bond donors (Lipinski definition) is 1. The van der Waals surface area contributed by atoms with Crippen molar-refractivity contribution < 1.29 is 19.4 Å². The van der Waals surface area contributed by atoms with Gasteiger partial charge in [0, 0.05) is 6.42 Å². The van der Waals surface area contributed by atoms with Gasteiger partial charge in [0.2, 0.25) is 0 Å². The lowest BCUT2D eigenvalue weighted by Crippen LogP contribution is -1.99. The molecule has 0 amide bonds. The van der Waals surface area contributed by atoms with Crippen molar-refractivity contribution in [2.45, 2.75) is 6.42 Å². The summed E-state index contributed by atoms with van der Waals surface area (Å²) < 4.78 is 11.2. The van der Waals surface area contributed by atoms with E-state index in [4.69, 9.17) is 9.47 Å². The zero-order valence-electron chi connectivity index (χ0n) is 10.8. The molecule has 4 heteroatoms. The van der Waals surface area contributed by atoms with E-state index in [0.717, 1.165) is 12.0 Å². The lowest BCUT2D eigenvalue weighted by molar-refractivity contribution is 0.0697. The molecule has 1 N–H and O–H groups in total. The summed E-state index contributed by atoms with van der Waals surface area (Å²) in [7, 11) is 0. The molecule has 3 rings (SSSR count). The number of hydrogen-bond acceptors (Lipinski definition) is 3. The van der Waals surface area contributed by atoms with Gasteiger partial charge in [-0.05, 0) is 29.3 Å². The predicted molar refractivity (Wildman–Crippen MR) is 74.4 cm³/mol. The smallest absolute Gasteiger partial charge is 0.336 e. The van der Waals surface area contributed by atoms with Gasteiger partial charge in [0.05, 0.1) is 18.8 Å². The summed E-state index contributed by atoms with van der Waals surface area (Å²) in [5.41, 5.74) is 1.77. The molecule has 0 bridgehead atoms. The van der Waals surface area contributed by atoms with Gasteiger partial charge >= 0.3 is 5.97 Å². The highest BCUT2D eigenvalue weighted by Gasteiger charge is 2.15. The Morgan fingerprint density at radius 3 is 2.55 bits per heavy atom. The molecular weight excluding hydrogens is 256 g/mol. The van der Waals surface area contributed by atoms with Crippen molar-refractivity contribution in [1.82, 2.24) is 0 Å². The summed E-state index contributed by atoms with van der Waals surface area (Å²) in [6.45, 7) is 1.25. The zero-order chi connectivity index (χ0) is 13.9. The monoisotopic (exact) mass is 270 g/mol. The van der Waals surface area contributed by atoms with E-state index < -0.39 is 5.97 Å². The molecule has 2 aromatic carbocycles. The number of aromatic carboxylic acids is 1. The molecule has 2 aromatic rings. The van der Waals surface area contributed by atoms with Crippen LogP contribution >= 0.6 is 0 Å². The molecule has 0 radical (unpaired) electrons. The molecule has 0 saturated heterocycles. The minimum atomic E-state index is -0.937. The maximum atomic E-state index is 11.3. The highest BCUT2D eigenvalue weighted by molar-refractivity contribution is 5.96. The summed E-state index contributed by atoms with van der Waals surface area (Å²) in [5, 5.41) is 9.25. The van der Waals surface area contributed by atoms with Crippen LogP contribution in [0.4, 0.5) is 0 Å². The van der Waals surface area contributed by atoms with Gasteiger partial charge in [-0.2, -0.15) is 0 Å². The maximum Gasteiger partial charge on any atom is 0.336 e. The van der Waals surface area contributed by atoms with E-state index >= 15 is 0 Å². The number of ether oxygens (including phenoxy) is 2. The summed E-state index contributed by atoms with van der Waals surface area (Å²) >= 11 is 0. The number of benzene rings is 2. The molecule has 0 atom stereocenters. The third-order valence-corrected chi connectivity index (χ3v) is 3.22. The van der Waals surface area contributed by atoms with Gasteiger partial charge in [0.25, 0.3) is 0 Å². The van der Waals surface area contributed by atoms with E-state index in [1.807, 2.05) is 24.3 Å². The predicted octanol–water partition coefficient (Wildman–Crippen LogP) is 3.21. The highest BCUT2D eigenvalue weighted by Crippen LogP contribution is 2.35. The van der Waals surface area contributed by atoms with Gasteiger partial charge in [-0.1, -0.05) is 24.3 Å². The van der Waals surface area contributed by atoms with Crippen molar-refractivity contribution in [2.24, 2.45) is 0 Å². The fourth-order valence-corrected chi connectivity index (χ4v) is 2.25. The number of carbonyl (C=O) groups is 1. The van der Waals surface area contributed by atoms with Gasteiger partial charge in [-0.15, -0.1) is 0 Å². The Morgan fingerprint density at radius 1 is 1.00 bits per heavy atom. The first-order chi connectivity index (χ1) is 9.75. The van der Waals surface area contributed by atoms with Crippen LogP contribution in [0, 0.1) is 0 Å². The van der Waals surface area contributed by atoms with E-state index in [9.17, 15) is 9.90 Å². The molecule has 0 unspecified atom stereocenters. The van der Waals surface area contributed by atoms with Crippen molar-refractivity contribution >= 4 is 5.97 Å². The van der Waals surface area contributed by atoms with Crippen LogP contribution in [0.5, 0.6) is 11.5 Å². The zero-order valence-corrected chi connectivity index (χ0v) is 10.8. The highest BCUT2D eigenvalue weighted by atomic mass is 16.5. The standard InChI is InChI=1S/C16H14O4/c17-16(18)13-5-2-1-4-12(13)11-6-7-14-15(10-11)20-9-3-8-19-14/h1-2,4-7,10H,3,8-9H2,(H,17,18). The molecular formula is C16H14O4. The third-order valence-electron chi connectivity index (χ3n) is 3.22. The lowest BCUT2D eigenvalue weighted by atomic mass is 9.99. The first-order valence-electron chi connectivity index (χ1n) is 6.48. The second-order valence-corrected chi connectivity index (χ2v) is 4.56. The van der Waals surface area contributed by atoms with Gasteiger partial charge in [0.15, 0.2) is 11.5 Å². The fraction of sp³-hybridized carbons (Fsp3) is 0.188. The first kappa shape index (κ1) is 12.5. The Bertz CT molecular complexity index is 649. The van der Waals surface area contributed by atoms with Crippen molar-refractivity contribution in [3.63, 3.8) is 0 Å². The number of fused-ring (bicyclic) bond motifs is 1. The summed E-state index contributed by atoms with van der Waals surface area (Å²) in [6, 6.07) is 12.5. The molecule has 4 nitrogen and oxygen atoms in total. The first-order valence-corrected chi connectivity index (χ1v) is 6.48. The Hall–Kier alpha value is -2.49. The minimum Gasteiger partial charge on any atom is -0.490 e. The lowest BCUT2D eigenvalue weighted by Gasteiger charge is -2.11. The van der Waals surface area contributed by atoms with Crippen LogP contribution in [0.15, 0.2) is 42.5 Å². The quantitative estimate of drug-likeness (QED) is 0.910. The van der Waals surface area contributed by atoms with Crippen LogP contribution in [0.2, 0.25) is 0 Å². The minimum absolute atomic E-state index is 0.280. The Morgan fingerprint density at radius 2 is 1.75 bits per heavy atom. The van der Waals surface area contributed by atoms with E-state index in [-0.39, 0.29) is 5.56 Å². The molecule has 0 aliphatic carbocycles. The summed E-state index contributed by atoms with van der Waals surface area (Å²) in [5.74, 6) is 0.437. The summed E-state index contributed by atoms with van der Waals surface area (Å²) in [4.78, 5) is 11.3. The van der Waals surface area contributed by atoms with Crippen LogP contribution in [-0.2, 0) is 0 Å². The second kappa shape index (κ2) is 5.25. The van der Waals surface area contributed by atoms with Crippen LogP contribution in [0.25, 0.3) is 11.1 Å². The Labute approximate surface area is 116 Å². The fourth-order valence-electron chi connectivity index (χ4n) is 2.25. The van der Waals surface area contributed by atoms with Crippen LogP contribution < -0.4 is 9.47 Å². The average Bonchev–Trinajstić information content (AvgIpc) is 2.71. The molecule has 102 valence electrons. The van der Waals surface area contributed by atoms with Crippen molar-refractivity contribution in [1.29, 1.82) is 0 Å². The average molecular weight is 270 g/mol. The molecule has 0 spiro atoms. The largest absolute Gasteiger partial charge is 0.490 e. The van der Waals surface area contributed by atoms with Crippen LogP contribution in [0.3, 0.4) is 0 Å². The molecule has 20 heavy (non-hydrogen) atoms. The maximum absolute atomic E-state index is 11.3. The van der Waals surface area contributed by atoms with Crippen LogP contribution in [0.1, 0.15) is 16.8 Å². The Kier molecular flexibility index (Phi) is 3.29.